The highest BCUT2D eigenvalue weighted by Crippen LogP contribution is 2.29. The minimum Gasteiger partial charge on any atom is -0.367 e. The molecule has 1 aliphatic rings. The van der Waals surface area contributed by atoms with E-state index in [0.29, 0.717) is 6.10 Å². The molecule has 0 radical (unpaired) electrons. The van der Waals surface area contributed by atoms with Gasteiger partial charge in [-0.3, -0.25) is 0 Å². The third-order valence-electron chi connectivity index (χ3n) is 2.49. The zero-order chi connectivity index (χ0) is 9.80. The van der Waals surface area contributed by atoms with E-state index in [1.54, 1.807) is 0 Å². The Balaban J connectivity index is 1.94. The first kappa shape index (κ1) is 10.0. The number of nitrogens with zero attached hydrogens (tertiary/aromatic N) is 2. The molecule has 0 aliphatic carbocycles. The van der Waals surface area contributed by atoms with Gasteiger partial charge in [-0.05, 0) is 37.8 Å². The fourth-order valence-corrected chi connectivity index (χ4v) is 2.30. The van der Waals surface area contributed by atoms with Crippen LogP contribution in [0.1, 0.15) is 31.1 Å². The molecule has 5 heteroatoms. The van der Waals surface area contributed by atoms with E-state index in [9.17, 15) is 0 Å². The van der Waals surface area contributed by atoms with E-state index in [1.165, 1.54) is 18.0 Å². The van der Waals surface area contributed by atoms with E-state index < -0.39 is 0 Å². The largest absolute Gasteiger partial charge is 0.367 e. The predicted octanol–water partition coefficient (Wildman–Crippen LogP) is 1.37. The van der Waals surface area contributed by atoms with Gasteiger partial charge in [0.1, 0.15) is 11.8 Å². The number of rotatable bonds is 3. The zero-order valence-corrected chi connectivity index (χ0v) is 9.09. The van der Waals surface area contributed by atoms with Crippen LogP contribution in [-0.4, -0.2) is 29.3 Å². The van der Waals surface area contributed by atoms with Crippen LogP contribution in [-0.2, 0) is 4.74 Å². The summed E-state index contributed by atoms with van der Waals surface area (Å²) < 4.78 is 9.78. The van der Waals surface area contributed by atoms with Crippen molar-refractivity contribution in [3.8, 4) is 0 Å². The first-order valence-corrected chi connectivity index (χ1v) is 5.81. The van der Waals surface area contributed by atoms with Gasteiger partial charge in [-0.25, -0.2) is 0 Å². The molecule has 78 valence electrons. The normalized spacial score (nSPS) is 27.8. The molecule has 0 saturated carbocycles. The molecule has 1 fully saturated rings. The summed E-state index contributed by atoms with van der Waals surface area (Å²) >= 11 is 1.39. The van der Waals surface area contributed by atoms with Gasteiger partial charge in [0.2, 0.25) is 0 Å². The van der Waals surface area contributed by atoms with Crippen LogP contribution in [0.4, 0.5) is 0 Å². The Bertz CT molecular complexity index is 263. The fraction of sp³-hybridized carbons (Fsp3) is 0.778. The third kappa shape index (κ3) is 2.29. The SMILES string of the molecule is CNCC1CCCC(c2csnn2)O1. The highest BCUT2D eigenvalue weighted by atomic mass is 32.1. The van der Waals surface area contributed by atoms with Crippen molar-refractivity contribution < 1.29 is 4.74 Å². The Labute approximate surface area is 87.8 Å². The molecule has 1 aliphatic heterocycles. The Morgan fingerprint density at radius 1 is 1.64 bits per heavy atom. The van der Waals surface area contributed by atoms with Crippen molar-refractivity contribution in [1.82, 2.24) is 14.9 Å². The van der Waals surface area contributed by atoms with Crippen LogP contribution in [0.25, 0.3) is 0 Å². The Morgan fingerprint density at radius 3 is 3.29 bits per heavy atom. The smallest absolute Gasteiger partial charge is 0.104 e. The van der Waals surface area contributed by atoms with E-state index in [-0.39, 0.29) is 6.10 Å². The highest BCUT2D eigenvalue weighted by Gasteiger charge is 2.24. The lowest BCUT2D eigenvalue weighted by atomic mass is 10.0. The molecular formula is C9H15N3OS. The molecular weight excluding hydrogens is 198 g/mol. The number of aromatic nitrogens is 2. The van der Waals surface area contributed by atoms with Crippen LogP contribution in [0.3, 0.4) is 0 Å². The average molecular weight is 213 g/mol. The van der Waals surface area contributed by atoms with Crippen LogP contribution < -0.4 is 5.32 Å². The predicted molar refractivity (Wildman–Crippen MR) is 55.3 cm³/mol. The van der Waals surface area contributed by atoms with E-state index in [1.807, 2.05) is 12.4 Å². The zero-order valence-electron chi connectivity index (χ0n) is 8.27. The van der Waals surface area contributed by atoms with Crippen LogP contribution in [0.2, 0.25) is 0 Å². The van der Waals surface area contributed by atoms with Gasteiger partial charge in [-0.1, -0.05) is 4.49 Å². The van der Waals surface area contributed by atoms with Gasteiger partial charge in [0.25, 0.3) is 0 Å². The second-order valence-corrected chi connectivity index (χ2v) is 4.17. The molecule has 0 amide bonds. The lowest BCUT2D eigenvalue weighted by molar-refractivity contribution is -0.0511. The average Bonchev–Trinajstić information content (AvgIpc) is 2.71. The molecule has 2 rings (SSSR count). The van der Waals surface area contributed by atoms with Crippen molar-refractivity contribution >= 4 is 11.5 Å². The minimum absolute atomic E-state index is 0.167. The van der Waals surface area contributed by atoms with Crippen molar-refractivity contribution in [3.63, 3.8) is 0 Å². The van der Waals surface area contributed by atoms with Crippen LogP contribution in [0, 0.1) is 0 Å². The van der Waals surface area contributed by atoms with Crippen LogP contribution in [0.5, 0.6) is 0 Å². The van der Waals surface area contributed by atoms with Gasteiger partial charge >= 0.3 is 0 Å². The van der Waals surface area contributed by atoms with Gasteiger partial charge in [-0.2, -0.15) is 0 Å². The molecule has 1 aromatic heterocycles. The van der Waals surface area contributed by atoms with Gasteiger partial charge < -0.3 is 10.1 Å². The van der Waals surface area contributed by atoms with Crippen molar-refractivity contribution in [2.24, 2.45) is 0 Å². The number of likely N-dealkylation sites (N-methyl/N-ethyl adjacent to an activating group) is 1. The number of ether oxygens (including phenoxy) is 1. The van der Waals surface area contributed by atoms with E-state index in [4.69, 9.17) is 4.74 Å². The van der Waals surface area contributed by atoms with Gasteiger partial charge in [-0.15, -0.1) is 5.10 Å². The highest BCUT2D eigenvalue weighted by molar-refractivity contribution is 7.03. The van der Waals surface area contributed by atoms with Crippen molar-refractivity contribution in [2.45, 2.75) is 31.5 Å². The summed E-state index contributed by atoms with van der Waals surface area (Å²) in [6, 6.07) is 0. The van der Waals surface area contributed by atoms with Crippen molar-refractivity contribution in [3.05, 3.63) is 11.1 Å². The van der Waals surface area contributed by atoms with Crippen LogP contribution >= 0.6 is 11.5 Å². The fourth-order valence-electron chi connectivity index (χ4n) is 1.81. The monoisotopic (exact) mass is 213 g/mol. The lowest BCUT2D eigenvalue weighted by Crippen LogP contribution is -2.31. The van der Waals surface area contributed by atoms with Crippen molar-refractivity contribution in [1.29, 1.82) is 0 Å². The molecule has 2 atom stereocenters. The topological polar surface area (TPSA) is 47.0 Å². The summed E-state index contributed by atoms with van der Waals surface area (Å²) in [5.41, 5.74) is 0.996. The standard InChI is InChI=1S/C9H15N3OS/c1-10-5-7-3-2-4-9(13-7)8-6-14-12-11-8/h6-7,9-10H,2-5H2,1H3. The van der Waals surface area contributed by atoms with E-state index >= 15 is 0 Å². The second-order valence-electron chi connectivity index (χ2n) is 3.57. The second kappa shape index (κ2) is 4.82. The quantitative estimate of drug-likeness (QED) is 0.823. The Kier molecular flexibility index (Phi) is 3.44. The minimum atomic E-state index is 0.167. The summed E-state index contributed by atoms with van der Waals surface area (Å²) in [4.78, 5) is 0. The Hall–Kier alpha value is -0.520. The van der Waals surface area contributed by atoms with E-state index in [2.05, 4.69) is 14.9 Å². The third-order valence-corrected chi connectivity index (χ3v) is 3.01. The van der Waals surface area contributed by atoms with Gasteiger partial charge in [0.05, 0.1) is 6.10 Å². The first-order chi connectivity index (χ1) is 6.90. The molecule has 14 heavy (non-hydrogen) atoms. The summed E-state index contributed by atoms with van der Waals surface area (Å²) in [5.74, 6) is 0. The van der Waals surface area contributed by atoms with Gasteiger partial charge in [0.15, 0.2) is 0 Å². The van der Waals surface area contributed by atoms with E-state index in [0.717, 1.165) is 25.1 Å². The molecule has 1 aromatic rings. The maximum Gasteiger partial charge on any atom is 0.104 e. The summed E-state index contributed by atoms with van der Waals surface area (Å²) in [6.45, 7) is 0.925. The number of hydrogen-bond donors (Lipinski definition) is 1. The molecule has 2 heterocycles. The molecule has 0 bridgehead atoms. The number of hydrogen-bond acceptors (Lipinski definition) is 5. The van der Waals surface area contributed by atoms with Gasteiger partial charge in [0, 0.05) is 11.9 Å². The van der Waals surface area contributed by atoms with Crippen LogP contribution in [0.15, 0.2) is 5.38 Å². The first-order valence-electron chi connectivity index (χ1n) is 4.97. The maximum absolute atomic E-state index is 5.91. The molecule has 4 nitrogen and oxygen atoms in total. The maximum atomic E-state index is 5.91. The molecule has 2 unspecified atom stereocenters. The lowest BCUT2D eigenvalue weighted by Gasteiger charge is -2.28. The Morgan fingerprint density at radius 2 is 2.57 bits per heavy atom. The molecule has 0 spiro atoms. The summed E-state index contributed by atoms with van der Waals surface area (Å²) in [6.07, 6.45) is 3.94. The molecule has 0 aromatic carbocycles. The molecule has 1 saturated heterocycles. The number of nitrogens with one attached hydrogen (secondary N) is 1. The van der Waals surface area contributed by atoms with Crippen molar-refractivity contribution in [2.75, 3.05) is 13.6 Å². The summed E-state index contributed by atoms with van der Waals surface area (Å²) in [5, 5.41) is 9.18. The molecule has 1 N–H and O–H groups in total. The summed E-state index contributed by atoms with van der Waals surface area (Å²) in [7, 11) is 1.96.